The summed E-state index contributed by atoms with van der Waals surface area (Å²) in [6.45, 7) is 4.29. The second kappa shape index (κ2) is 10.5. The summed E-state index contributed by atoms with van der Waals surface area (Å²) in [5.41, 5.74) is 2.55. The molecule has 2 unspecified atom stereocenters. The number of H-pyrrole nitrogens is 1. The Balaban J connectivity index is 1.55. The molecule has 3 amide bonds. The zero-order valence-electron chi connectivity index (χ0n) is 18.9. The van der Waals surface area contributed by atoms with Crippen LogP contribution < -0.4 is 15.4 Å². The van der Waals surface area contributed by atoms with Crippen LogP contribution >= 0.6 is 0 Å². The Morgan fingerprint density at radius 1 is 1.15 bits per heavy atom. The molecule has 1 fully saturated rings. The van der Waals surface area contributed by atoms with Crippen molar-refractivity contribution in [1.82, 2.24) is 25.7 Å². The first-order valence-electron chi connectivity index (χ1n) is 11.6. The molecule has 1 saturated heterocycles. The fourth-order valence-electron chi connectivity index (χ4n) is 4.41. The number of ether oxygens (including phenoxy) is 1. The van der Waals surface area contributed by atoms with Crippen LogP contribution in [0, 0.1) is 12.8 Å². The van der Waals surface area contributed by atoms with E-state index in [-0.39, 0.29) is 30.6 Å². The number of piperidine rings is 1. The molecule has 4 rings (SSSR count). The molecule has 0 radical (unpaired) electrons. The van der Waals surface area contributed by atoms with Gasteiger partial charge >= 0.3 is 0 Å². The molecule has 33 heavy (non-hydrogen) atoms. The van der Waals surface area contributed by atoms with Gasteiger partial charge in [0.25, 0.3) is 0 Å². The van der Waals surface area contributed by atoms with Crippen molar-refractivity contribution >= 4 is 17.7 Å². The van der Waals surface area contributed by atoms with Gasteiger partial charge in [-0.3, -0.25) is 19.5 Å². The summed E-state index contributed by atoms with van der Waals surface area (Å²) < 4.78 is 6.00. The van der Waals surface area contributed by atoms with E-state index < -0.39 is 6.04 Å². The Bertz CT molecular complexity index is 991. The van der Waals surface area contributed by atoms with Crippen LogP contribution in [0.5, 0.6) is 5.75 Å². The molecule has 0 aliphatic carbocycles. The van der Waals surface area contributed by atoms with E-state index in [0.717, 1.165) is 42.7 Å². The fraction of sp³-hybridized carbons (Fsp3) is 0.500. The van der Waals surface area contributed by atoms with Crippen molar-refractivity contribution in [1.29, 1.82) is 0 Å². The van der Waals surface area contributed by atoms with Crippen LogP contribution in [0.25, 0.3) is 0 Å². The van der Waals surface area contributed by atoms with Gasteiger partial charge in [-0.1, -0.05) is 6.07 Å². The van der Waals surface area contributed by atoms with Crippen LogP contribution in [0.15, 0.2) is 30.6 Å². The molecule has 2 aromatic rings. The van der Waals surface area contributed by atoms with E-state index in [1.807, 2.05) is 30.0 Å². The molecule has 1 aromatic heterocycles. The van der Waals surface area contributed by atoms with Crippen LogP contribution in [-0.2, 0) is 20.9 Å². The van der Waals surface area contributed by atoms with Crippen molar-refractivity contribution in [2.45, 2.75) is 51.6 Å². The monoisotopic (exact) mass is 453 g/mol. The van der Waals surface area contributed by atoms with Crippen molar-refractivity contribution in [2.75, 3.05) is 19.7 Å². The molecule has 3 N–H and O–H groups in total. The number of amides is 3. The van der Waals surface area contributed by atoms with Crippen molar-refractivity contribution in [3.05, 3.63) is 47.3 Å². The summed E-state index contributed by atoms with van der Waals surface area (Å²) in [5, 5.41) is 12.3. The molecular formula is C24H31N5O4. The average Bonchev–Trinajstić information content (AvgIpc) is 3.35. The number of carbonyl (C=O) groups excluding carboxylic acids is 3. The highest BCUT2D eigenvalue weighted by Crippen LogP contribution is 2.23. The number of hydrogen-bond donors (Lipinski definition) is 3. The smallest absolute Gasteiger partial charge is 0.247 e. The molecule has 3 heterocycles. The SMILES string of the molecule is Cc1ccc2cc1CNC(=O)C(c1cn[nH]c1)NC(=O)CCC(=O)N1CCCC(CCO2)C1. The maximum absolute atomic E-state index is 13.0. The van der Waals surface area contributed by atoms with Crippen molar-refractivity contribution < 1.29 is 19.1 Å². The molecule has 2 aliphatic rings. The standard InChI is InChI=1S/C24H31N5O4/c1-16-4-5-20-11-18(16)12-25-24(32)23(19-13-26-27-14-19)28-21(30)6-7-22(31)29-9-2-3-17(15-29)8-10-33-20/h4-5,11,13-14,17,23H,2-3,6-10,12,15H2,1H3,(H,25,32)(H,26,27)(H,28,30). The third-order valence-corrected chi connectivity index (χ3v) is 6.43. The first kappa shape index (κ1) is 22.8. The molecule has 176 valence electrons. The number of carbonyl (C=O) groups is 3. The summed E-state index contributed by atoms with van der Waals surface area (Å²) >= 11 is 0. The van der Waals surface area contributed by atoms with Crippen LogP contribution in [-0.4, -0.2) is 52.5 Å². The normalized spacial score (nSPS) is 23.1. The van der Waals surface area contributed by atoms with E-state index in [0.29, 0.717) is 31.2 Å². The second-order valence-corrected chi connectivity index (χ2v) is 8.82. The largest absolute Gasteiger partial charge is 0.494 e. The Kier molecular flexibility index (Phi) is 7.26. The zero-order valence-corrected chi connectivity index (χ0v) is 18.9. The van der Waals surface area contributed by atoms with Crippen molar-refractivity contribution in [2.24, 2.45) is 5.92 Å². The number of nitrogens with one attached hydrogen (secondary N) is 3. The lowest BCUT2D eigenvalue weighted by molar-refractivity contribution is -0.135. The Labute approximate surface area is 193 Å². The molecular weight excluding hydrogens is 422 g/mol. The molecule has 0 spiro atoms. The van der Waals surface area contributed by atoms with E-state index in [2.05, 4.69) is 20.8 Å². The molecule has 2 aliphatic heterocycles. The number of aryl methyl sites for hydroxylation is 1. The van der Waals surface area contributed by atoms with Crippen LogP contribution in [0.4, 0.5) is 0 Å². The van der Waals surface area contributed by atoms with Crippen LogP contribution in [0.2, 0.25) is 0 Å². The quantitative estimate of drug-likeness (QED) is 0.611. The van der Waals surface area contributed by atoms with Gasteiger partial charge in [-0.05, 0) is 55.4 Å². The third-order valence-electron chi connectivity index (χ3n) is 6.43. The van der Waals surface area contributed by atoms with Gasteiger partial charge in [-0.25, -0.2) is 0 Å². The fourth-order valence-corrected chi connectivity index (χ4v) is 4.41. The first-order valence-corrected chi connectivity index (χ1v) is 11.6. The number of nitrogens with zero attached hydrogens (tertiary/aromatic N) is 2. The van der Waals surface area contributed by atoms with E-state index in [4.69, 9.17) is 4.74 Å². The number of rotatable bonds is 1. The highest BCUT2D eigenvalue weighted by Gasteiger charge is 2.26. The summed E-state index contributed by atoms with van der Waals surface area (Å²) in [6.07, 6.45) is 6.15. The Morgan fingerprint density at radius 3 is 2.85 bits per heavy atom. The van der Waals surface area contributed by atoms with Gasteiger partial charge in [0.05, 0.1) is 12.8 Å². The minimum absolute atomic E-state index is 0.0237. The first-order chi connectivity index (χ1) is 16.0. The van der Waals surface area contributed by atoms with Crippen LogP contribution in [0.1, 0.15) is 54.8 Å². The van der Waals surface area contributed by atoms with Gasteiger partial charge < -0.3 is 20.3 Å². The van der Waals surface area contributed by atoms with Gasteiger partial charge in [-0.2, -0.15) is 5.10 Å². The summed E-state index contributed by atoms with van der Waals surface area (Å²) in [5.74, 6) is 0.441. The number of benzene rings is 1. The van der Waals surface area contributed by atoms with Gasteiger partial charge in [0.15, 0.2) is 0 Å². The lowest BCUT2D eigenvalue weighted by Gasteiger charge is -2.33. The van der Waals surface area contributed by atoms with Crippen molar-refractivity contribution in [3.8, 4) is 5.75 Å². The van der Waals surface area contributed by atoms with E-state index in [9.17, 15) is 14.4 Å². The molecule has 4 bridgehead atoms. The Morgan fingerprint density at radius 2 is 2.03 bits per heavy atom. The van der Waals surface area contributed by atoms with Crippen LogP contribution in [0.3, 0.4) is 0 Å². The number of fused-ring (bicyclic) bond motifs is 4. The Hall–Kier alpha value is -3.36. The lowest BCUT2D eigenvalue weighted by atomic mass is 9.95. The highest BCUT2D eigenvalue weighted by molar-refractivity contribution is 5.90. The van der Waals surface area contributed by atoms with E-state index in [1.165, 1.54) is 6.20 Å². The second-order valence-electron chi connectivity index (χ2n) is 8.82. The van der Waals surface area contributed by atoms with Gasteiger partial charge in [0.1, 0.15) is 11.8 Å². The highest BCUT2D eigenvalue weighted by atomic mass is 16.5. The molecule has 0 saturated carbocycles. The van der Waals surface area contributed by atoms with Crippen molar-refractivity contribution in [3.63, 3.8) is 0 Å². The molecule has 1 aromatic carbocycles. The minimum atomic E-state index is -0.899. The summed E-state index contributed by atoms with van der Waals surface area (Å²) in [4.78, 5) is 40.2. The maximum Gasteiger partial charge on any atom is 0.247 e. The summed E-state index contributed by atoms with van der Waals surface area (Å²) in [6, 6.07) is 4.96. The molecule has 9 nitrogen and oxygen atoms in total. The lowest BCUT2D eigenvalue weighted by Crippen LogP contribution is -2.42. The molecule has 9 heteroatoms. The van der Waals surface area contributed by atoms with Gasteiger partial charge in [-0.15, -0.1) is 0 Å². The average molecular weight is 454 g/mol. The summed E-state index contributed by atoms with van der Waals surface area (Å²) in [7, 11) is 0. The topological polar surface area (TPSA) is 116 Å². The van der Waals surface area contributed by atoms with E-state index in [1.54, 1.807) is 6.20 Å². The predicted molar refractivity (Wildman–Crippen MR) is 121 cm³/mol. The maximum atomic E-state index is 13.0. The zero-order chi connectivity index (χ0) is 23.2. The van der Waals surface area contributed by atoms with Gasteiger partial charge in [0, 0.05) is 44.2 Å². The number of aromatic amines is 1. The van der Waals surface area contributed by atoms with E-state index >= 15 is 0 Å². The number of aromatic nitrogens is 2. The predicted octanol–water partition coefficient (Wildman–Crippen LogP) is 1.99. The minimum Gasteiger partial charge on any atom is -0.494 e. The number of hydrogen-bond acceptors (Lipinski definition) is 5. The van der Waals surface area contributed by atoms with Gasteiger partial charge in [0.2, 0.25) is 17.7 Å². The third kappa shape index (κ3) is 5.91. The molecule has 2 atom stereocenters.